The molecule has 8 atom stereocenters. The smallest absolute Gasteiger partial charge is 0.790 e. The minimum atomic E-state index is -5.44. The van der Waals surface area contributed by atoms with Crippen LogP contribution in [0.15, 0.2) is 23.8 Å². The number of hydrogen-bond donors (Lipinski definition) is 1. The molecule has 194 valence electrons. The average molecular weight is 558 g/mol. The summed E-state index contributed by atoms with van der Waals surface area (Å²) in [5.41, 5.74) is -5.52. The molecule has 4 aliphatic carbocycles. The van der Waals surface area contributed by atoms with Crippen molar-refractivity contribution in [3.05, 3.63) is 23.8 Å². The molecular formula is C24H30FNa2O9P. The summed E-state index contributed by atoms with van der Waals surface area (Å²) >= 11 is 0. The normalized spacial score (nSPS) is 45.4. The third-order valence-electron chi connectivity index (χ3n) is 9.40. The fraction of sp³-hybridized carbons (Fsp3) is 0.750. The van der Waals surface area contributed by atoms with Gasteiger partial charge >= 0.3 is 59.1 Å². The number of rotatable bonds is 4. The zero-order valence-electron chi connectivity index (χ0n) is 22.1. The number of hydrogen-bond acceptors (Lipinski definition) is 9. The van der Waals surface area contributed by atoms with Gasteiger partial charge in [0.05, 0.1) is 20.0 Å². The number of aliphatic hydroxyl groups is 1. The third-order valence-corrected chi connectivity index (χ3v) is 9.85. The number of carbonyl (C=O) groups excluding carboxylic acids is 2. The van der Waals surface area contributed by atoms with Crippen LogP contribution < -0.4 is 68.9 Å². The molecule has 1 saturated heterocycles. The van der Waals surface area contributed by atoms with Crippen LogP contribution >= 0.6 is 7.82 Å². The van der Waals surface area contributed by atoms with Gasteiger partial charge in [-0.15, -0.1) is 0 Å². The minimum absolute atomic E-state index is 0. The van der Waals surface area contributed by atoms with Gasteiger partial charge in [0, 0.05) is 16.7 Å². The Bertz CT molecular complexity index is 1110. The van der Waals surface area contributed by atoms with E-state index in [4.69, 9.17) is 9.47 Å². The van der Waals surface area contributed by atoms with Crippen molar-refractivity contribution >= 4 is 19.4 Å². The van der Waals surface area contributed by atoms with E-state index in [1.165, 1.54) is 12.2 Å². The largest absolute Gasteiger partial charge is 1.00 e. The van der Waals surface area contributed by atoms with Gasteiger partial charge in [0.25, 0.3) is 0 Å². The molecule has 13 heteroatoms. The minimum Gasteiger partial charge on any atom is -0.790 e. The van der Waals surface area contributed by atoms with Gasteiger partial charge in [-0.25, -0.2) is 4.39 Å². The van der Waals surface area contributed by atoms with Gasteiger partial charge < -0.3 is 33.5 Å². The van der Waals surface area contributed by atoms with Crippen molar-refractivity contribution in [1.82, 2.24) is 0 Å². The van der Waals surface area contributed by atoms with E-state index in [2.05, 4.69) is 4.52 Å². The van der Waals surface area contributed by atoms with Gasteiger partial charge in [0.15, 0.2) is 28.6 Å². The molecule has 0 spiro atoms. The molecule has 0 amide bonds. The molecular weight excluding hydrogens is 528 g/mol. The zero-order chi connectivity index (χ0) is 25.8. The Hall–Kier alpha value is 0.740. The summed E-state index contributed by atoms with van der Waals surface area (Å²) in [6, 6.07) is 0. The molecule has 0 aromatic rings. The number of Topliss-reactive ketones (excluding diaryl/α,β-unsaturated/α-hetero) is 1. The summed E-state index contributed by atoms with van der Waals surface area (Å²) in [6.07, 6.45) is 2.86. The number of ketones is 2. The number of phosphoric acid groups is 1. The molecule has 9 nitrogen and oxygen atoms in total. The maximum atomic E-state index is 17.3. The average Bonchev–Trinajstić information content (AvgIpc) is 3.14. The summed E-state index contributed by atoms with van der Waals surface area (Å²) in [7, 11) is -5.44. The monoisotopic (exact) mass is 558 g/mol. The van der Waals surface area contributed by atoms with Gasteiger partial charge in [0.2, 0.25) is 0 Å². The molecule has 1 heterocycles. The number of aliphatic hydroxyl groups excluding tert-OH is 1. The van der Waals surface area contributed by atoms with Crippen molar-refractivity contribution in [3.8, 4) is 0 Å². The Labute approximate surface area is 259 Å². The molecule has 4 fully saturated rings. The van der Waals surface area contributed by atoms with E-state index in [1.807, 2.05) is 0 Å². The zero-order valence-corrected chi connectivity index (χ0v) is 27.0. The number of halogens is 1. The number of phosphoric ester groups is 1. The van der Waals surface area contributed by atoms with Crippen molar-refractivity contribution < 1.29 is 107 Å². The summed E-state index contributed by atoms with van der Waals surface area (Å²) in [5.74, 6) is -3.35. The van der Waals surface area contributed by atoms with Crippen LogP contribution in [0.3, 0.4) is 0 Å². The predicted molar refractivity (Wildman–Crippen MR) is 115 cm³/mol. The number of ether oxygens (including phenoxy) is 2. The van der Waals surface area contributed by atoms with E-state index in [0.29, 0.717) is 18.4 Å². The Balaban J connectivity index is 0.00000190. The quantitative estimate of drug-likeness (QED) is 0.266. The molecule has 0 aromatic carbocycles. The Morgan fingerprint density at radius 1 is 1.24 bits per heavy atom. The van der Waals surface area contributed by atoms with E-state index < -0.39 is 72.1 Å². The molecule has 5 rings (SSSR count). The van der Waals surface area contributed by atoms with E-state index in [-0.39, 0.29) is 77.7 Å². The summed E-state index contributed by atoms with van der Waals surface area (Å²) in [4.78, 5) is 47.8. The summed E-state index contributed by atoms with van der Waals surface area (Å²) in [5, 5.41) is 11.4. The van der Waals surface area contributed by atoms with Crippen LogP contribution in [0.25, 0.3) is 0 Å². The molecule has 1 aliphatic heterocycles. The van der Waals surface area contributed by atoms with E-state index in [9.17, 15) is 29.0 Å². The molecule has 1 N–H and O–H groups in total. The first-order valence-corrected chi connectivity index (χ1v) is 13.4. The fourth-order valence-electron chi connectivity index (χ4n) is 8.05. The topological polar surface area (TPSA) is 145 Å². The van der Waals surface area contributed by atoms with Crippen molar-refractivity contribution in [1.29, 1.82) is 0 Å². The molecule has 5 aliphatic rings. The van der Waals surface area contributed by atoms with Gasteiger partial charge in [-0.1, -0.05) is 18.6 Å². The second kappa shape index (κ2) is 9.93. The first kappa shape index (κ1) is 32.3. The van der Waals surface area contributed by atoms with E-state index >= 15 is 4.39 Å². The second-order valence-electron chi connectivity index (χ2n) is 11.5. The van der Waals surface area contributed by atoms with Gasteiger partial charge in [-0.05, 0) is 64.5 Å². The second-order valence-corrected chi connectivity index (χ2v) is 12.6. The van der Waals surface area contributed by atoms with Crippen molar-refractivity contribution in [2.75, 3.05) is 6.61 Å². The standard InChI is InChI=1S/C24H32FO9P.2Na/c1-20(2)33-19-10-16-15-6-5-13-9-14(26)7-8-21(13,3)23(15,25)17(27)11-22(16,4)24(19,34-20)18(28)12-32-35(29,30)31;;/h7-9,15-17,19,27H,5-6,10-12H2,1-4H3,(H2,29,30,31);;/q;2*+1/p-2/t15-,16-,17-,19+,21-,22-,23-,24+;;/m0../s1. The number of carbonyl (C=O) groups is 2. The molecule has 0 unspecified atom stereocenters. The van der Waals surface area contributed by atoms with Crippen LogP contribution in [0.2, 0.25) is 0 Å². The van der Waals surface area contributed by atoms with E-state index in [1.54, 1.807) is 33.8 Å². The number of allylic oxidation sites excluding steroid dienone is 4. The third kappa shape index (κ3) is 4.46. The van der Waals surface area contributed by atoms with Crippen molar-refractivity contribution in [2.45, 2.75) is 82.6 Å². The maximum absolute atomic E-state index is 17.3. The van der Waals surface area contributed by atoms with Crippen LogP contribution in [0, 0.1) is 22.7 Å². The van der Waals surface area contributed by atoms with Crippen LogP contribution in [0.1, 0.15) is 53.4 Å². The van der Waals surface area contributed by atoms with Crippen LogP contribution in [0.4, 0.5) is 4.39 Å². The molecule has 0 radical (unpaired) electrons. The molecule has 3 saturated carbocycles. The van der Waals surface area contributed by atoms with Gasteiger partial charge in [0.1, 0.15) is 6.61 Å². The fourth-order valence-corrected chi connectivity index (χ4v) is 8.33. The Morgan fingerprint density at radius 2 is 1.89 bits per heavy atom. The first-order valence-electron chi connectivity index (χ1n) is 11.9. The summed E-state index contributed by atoms with van der Waals surface area (Å²) < 4.78 is 45.0. The number of fused-ring (bicyclic) bond motifs is 7. The Morgan fingerprint density at radius 3 is 2.51 bits per heavy atom. The summed E-state index contributed by atoms with van der Waals surface area (Å²) in [6.45, 7) is 5.64. The van der Waals surface area contributed by atoms with E-state index in [0.717, 1.165) is 0 Å². The molecule has 0 aromatic heterocycles. The van der Waals surface area contributed by atoms with Crippen LogP contribution in [-0.4, -0.2) is 52.5 Å². The molecule has 0 bridgehead atoms. The van der Waals surface area contributed by atoms with Crippen LogP contribution in [0.5, 0.6) is 0 Å². The van der Waals surface area contributed by atoms with Gasteiger partial charge in [-0.3, -0.25) is 9.59 Å². The van der Waals surface area contributed by atoms with Crippen molar-refractivity contribution in [3.63, 3.8) is 0 Å². The SMILES string of the molecule is CC1(C)O[C@@H]2C[C@H]3[C@@H]4CCC5=CC(=O)C=C[C@]5(C)[C@@]4(F)[C@@H](O)C[C@]3(C)[C@]2(C(=O)COP(=O)([O-])[O-])O1.[Na+].[Na+]. The van der Waals surface area contributed by atoms with Crippen LogP contribution in [-0.2, 0) is 28.2 Å². The molecule has 37 heavy (non-hydrogen) atoms. The van der Waals surface area contributed by atoms with Crippen molar-refractivity contribution in [2.24, 2.45) is 22.7 Å². The number of alkyl halides is 1. The van der Waals surface area contributed by atoms with Gasteiger partial charge in [-0.2, -0.15) is 0 Å². The first-order chi connectivity index (χ1) is 16.0. The predicted octanol–water partition coefficient (Wildman–Crippen LogP) is -4.72. The maximum Gasteiger partial charge on any atom is 1.00 e. The Kier molecular flexibility index (Phi) is 8.66.